The Labute approximate surface area is 128 Å². The van der Waals surface area contributed by atoms with E-state index in [9.17, 15) is 9.59 Å². The summed E-state index contributed by atoms with van der Waals surface area (Å²) in [4.78, 5) is 26.0. The van der Waals surface area contributed by atoms with Gasteiger partial charge in [-0.25, -0.2) is 0 Å². The number of hydrogen-bond acceptors (Lipinski definition) is 3. The van der Waals surface area contributed by atoms with Crippen LogP contribution in [0.15, 0.2) is 36.5 Å². The Bertz CT molecular complexity index is 630. The predicted octanol–water partition coefficient (Wildman–Crippen LogP) is 1.86. The molecular weight excluding hydrogens is 282 g/mol. The maximum atomic E-state index is 11.6. The van der Waals surface area contributed by atoms with E-state index in [1.807, 2.05) is 26.0 Å². The van der Waals surface area contributed by atoms with E-state index in [1.165, 1.54) is 0 Å². The zero-order valence-electron chi connectivity index (χ0n) is 12.6. The van der Waals surface area contributed by atoms with Crippen LogP contribution >= 0.6 is 0 Å². The first kappa shape index (κ1) is 15.6. The molecule has 1 aromatic carbocycles. The number of amides is 2. The van der Waals surface area contributed by atoms with Crippen LogP contribution in [0.25, 0.3) is 0 Å². The van der Waals surface area contributed by atoms with Crippen molar-refractivity contribution in [1.82, 2.24) is 15.8 Å². The highest BCUT2D eigenvalue weighted by atomic mass is 16.5. The van der Waals surface area contributed by atoms with Crippen molar-refractivity contribution in [3.8, 4) is 5.75 Å². The molecule has 2 amide bonds. The molecule has 1 aromatic heterocycles. The van der Waals surface area contributed by atoms with E-state index >= 15 is 0 Å². The summed E-state index contributed by atoms with van der Waals surface area (Å²) < 4.78 is 5.54. The van der Waals surface area contributed by atoms with Gasteiger partial charge < -0.3 is 9.72 Å². The molecule has 2 aromatic rings. The van der Waals surface area contributed by atoms with E-state index in [2.05, 4.69) is 21.9 Å². The molecule has 0 unspecified atom stereocenters. The van der Waals surface area contributed by atoms with Gasteiger partial charge in [-0.15, -0.1) is 0 Å². The molecule has 6 heteroatoms. The van der Waals surface area contributed by atoms with Gasteiger partial charge in [-0.2, -0.15) is 0 Å². The molecule has 0 radical (unpaired) electrons. The number of nitrogens with one attached hydrogen (secondary N) is 3. The van der Waals surface area contributed by atoms with E-state index in [4.69, 9.17) is 4.74 Å². The van der Waals surface area contributed by atoms with E-state index < -0.39 is 5.91 Å². The summed E-state index contributed by atoms with van der Waals surface area (Å²) >= 11 is 0. The third kappa shape index (κ3) is 4.66. The van der Waals surface area contributed by atoms with Gasteiger partial charge >= 0.3 is 0 Å². The van der Waals surface area contributed by atoms with Crippen LogP contribution in [0.4, 0.5) is 0 Å². The van der Waals surface area contributed by atoms with Gasteiger partial charge in [0, 0.05) is 6.20 Å². The van der Waals surface area contributed by atoms with Gasteiger partial charge in [0.25, 0.3) is 5.91 Å². The molecule has 116 valence electrons. The average Bonchev–Trinajstić information content (AvgIpc) is 2.98. The number of benzene rings is 1. The highest BCUT2D eigenvalue weighted by Crippen LogP contribution is 2.16. The first-order valence-electron chi connectivity index (χ1n) is 6.98. The second kappa shape index (κ2) is 7.31. The Balaban J connectivity index is 1.70. The van der Waals surface area contributed by atoms with Crippen LogP contribution in [0.2, 0.25) is 0 Å². The highest BCUT2D eigenvalue weighted by Gasteiger charge is 2.07. The number of ether oxygens (including phenoxy) is 1. The number of aromatic amines is 1. The van der Waals surface area contributed by atoms with Gasteiger partial charge in [-0.1, -0.05) is 6.07 Å². The maximum Gasteiger partial charge on any atom is 0.286 e. The lowest BCUT2D eigenvalue weighted by atomic mass is 10.1. The van der Waals surface area contributed by atoms with E-state index in [-0.39, 0.29) is 18.9 Å². The molecule has 0 spiro atoms. The second-order valence-corrected chi connectivity index (χ2v) is 5.01. The van der Waals surface area contributed by atoms with Gasteiger partial charge in [0.2, 0.25) is 5.91 Å². The maximum absolute atomic E-state index is 11.6. The van der Waals surface area contributed by atoms with E-state index in [1.54, 1.807) is 18.3 Å². The van der Waals surface area contributed by atoms with Gasteiger partial charge in [-0.05, 0) is 49.2 Å². The lowest BCUT2D eigenvalue weighted by molar-refractivity contribution is -0.122. The summed E-state index contributed by atoms with van der Waals surface area (Å²) in [6.07, 6.45) is 1.78. The molecule has 1 heterocycles. The van der Waals surface area contributed by atoms with E-state index in [0.29, 0.717) is 5.69 Å². The number of carbonyl (C=O) groups excluding carboxylic acids is 2. The number of hydrogen-bond donors (Lipinski definition) is 3. The Morgan fingerprint density at radius 2 is 1.86 bits per heavy atom. The smallest absolute Gasteiger partial charge is 0.286 e. The fourth-order valence-corrected chi connectivity index (χ4v) is 2.01. The minimum atomic E-state index is -0.395. The minimum absolute atomic E-state index is 0.151. The third-order valence-electron chi connectivity index (χ3n) is 2.95. The topological polar surface area (TPSA) is 83.2 Å². The van der Waals surface area contributed by atoms with Crippen molar-refractivity contribution in [2.45, 2.75) is 20.3 Å². The van der Waals surface area contributed by atoms with Crippen molar-refractivity contribution in [1.29, 1.82) is 0 Å². The second-order valence-electron chi connectivity index (χ2n) is 5.01. The Morgan fingerprint density at radius 1 is 1.14 bits per heavy atom. The molecule has 0 fully saturated rings. The molecule has 0 aliphatic carbocycles. The predicted molar refractivity (Wildman–Crippen MR) is 82.4 cm³/mol. The lowest BCUT2D eigenvalue weighted by Crippen LogP contribution is -2.42. The van der Waals surface area contributed by atoms with Crippen molar-refractivity contribution >= 4 is 11.8 Å². The monoisotopic (exact) mass is 301 g/mol. The fraction of sp³-hybridized carbons (Fsp3) is 0.250. The standard InChI is InChI=1S/C16H19N3O3/c1-11-8-12(2)10-13(9-11)22-7-5-15(20)18-19-16(21)14-4-3-6-17-14/h3-4,6,8-10,17H,5,7H2,1-2H3,(H,18,20)(H,19,21). The summed E-state index contributed by atoms with van der Waals surface area (Å²) in [5, 5.41) is 0. The summed E-state index contributed by atoms with van der Waals surface area (Å²) in [6, 6.07) is 9.20. The van der Waals surface area contributed by atoms with Crippen molar-refractivity contribution in [3.63, 3.8) is 0 Å². The SMILES string of the molecule is Cc1cc(C)cc(OCCC(=O)NNC(=O)c2ccc[nH]2)c1. The number of H-pyrrole nitrogens is 1. The van der Waals surface area contributed by atoms with Gasteiger partial charge in [0.15, 0.2) is 0 Å². The Morgan fingerprint density at radius 3 is 2.50 bits per heavy atom. The number of rotatable bonds is 5. The van der Waals surface area contributed by atoms with Crippen LogP contribution in [0.3, 0.4) is 0 Å². The largest absolute Gasteiger partial charge is 0.493 e. The number of hydrazine groups is 1. The molecule has 0 bridgehead atoms. The molecule has 0 saturated heterocycles. The van der Waals surface area contributed by atoms with Crippen LogP contribution in [0.1, 0.15) is 28.0 Å². The van der Waals surface area contributed by atoms with Crippen molar-refractivity contribution in [2.75, 3.05) is 6.61 Å². The molecule has 0 atom stereocenters. The quantitative estimate of drug-likeness (QED) is 0.737. The summed E-state index contributed by atoms with van der Waals surface area (Å²) in [5.74, 6) is 0.0265. The molecule has 2 rings (SSSR count). The van der Waals surface area contributed by atoms with E-state index in [0.717, 1.165) is 16.9 Å². The van der Waals surface area contributed by atoms with Crippen LogP contribution in [0, 0.1) is 13.8 Å². The van der Waals surface area contributed by atoms with Crippen molar-refractivity contribution < 1.29 is 14.3 Å². The van der Waals surface area contributed by atoms with Crippen LogP contribution < -0.4 is 15.6 Å². The minimum Gasteiger partial charge on any atom is -0.493 e. The molecule has 0 saturated carbocycles. The first-order valence-corrected chi connectivity index (χ1v) is 6.98. The van der Waals surface area contributed by atoms with Crippen LogP contribution in [-0.2, 0) is 4.79 Å². The fourth-order valence-electron chi connectivity index (χ4n) is 2.01. The van der Waals surface area contributed by atoms with Crippen molar-refractivity contribution in [2.24, 2.45) is 0 Å². The molecule has 22 heavy (non-hydrogen) atoms. The lowest BCUT2D eigenvalue weighted by Gasteiger charge is -2.09. The summed E-state index contributed by atoms with van der Waals surface area (Å²) in [7, 11) is 0. The number of aryl methyl sites for hydroxylation is 2. The third-order valence-corrected chi connectivity index (χ3v) is 2.95. The summed E-state index contributed by atoms with van der Waals surface area (Å²) in [5.41, 5.74) is 7.27. The first-order chi connectivity index (χ1) is 10.5. The Kier molecular flexibility index (Phi) is 5.19. The highest BCUT2D eigenvalue weighted by molar-refractivity contribution is 5.93. The van der Waals surface area contributed by atoms with Gasteiger partial charge in [0.1, 0.15) is 11.4 Å². The zero-order valence-corrected chi connectivity index (χ0v) is 12.6. The molecule has 6 nitrogen and oxygen atoms in total. The Hall–Kier alpha value is -2.76. The normalized spacial score (nSPS) is 10.1. The van der Waals surface area contributed by atoms with Crippen LogP contribution in [0.5, 0.6) is 5.75 Å². The van der Waals surface area contributed by atoms with Crippen molar-refractivity contribution in [3.05, 3.63) is 53.3 Å². The van der Waals surface area contributed by atoms with Gasteiger partial charge in [0.05, 0.1) is 13.0 Å². The van der Waals surface area contributed by atoms with Gasteiger partial charge in [-0.3, -0.25) is 20.4 Å². The average molecular weight is 301 g/mol. The number of carbonyl (C=O) groups is 2. The summed E-state index contributed by atoms with van der Waals surface area (Å²) in [6.45, 7) is 4.22. The molecule has 0 aliphatic rings. The molecule has 3 N–H and O–H groups in total. The number of aromatic nitrogens is 1. The zero-order chi connectivity index (χ0) is 15.9. The van der Waals surface area contributed by atoms with Crippen LogP contribution in [-0.4, -0.2) is 23.4 Å². The molecule has 0 aliphatic heterocycles. The molecular formula is C16H19N3O3.